The third-order valence-corrected chi connectivity index (χ3v) is 6.22. The zero-order valence-corrected chi connectivity index (χ0v) is 20.7. The summed E-state index contributed by atoms with van der Waals surface area (Å²) in [5, 5.41) is 24.3. The summed E-state index contributed by atoms with van der Waals surface area (Å²) in [5.74, 6) is 0.393. The van der Waals surface area contributed by atoms with Crippen molar-refractivity contribution in [2.24, 2.45) is 0 Å². The van der Waals surface area contributed by atoms with Crippen LogP contribution in [0, 0.1) is 0 Å². The Hall–Kier alpha value is -4.88. The monoisotopic (exact) mass is 529 g/mol. The van der Waals surface area contributed by atoms with Gasteiger partial charge in [-0.2, -0.15) is 4.98 Å². The van der Waals surface area contributed by atoms with Gasteiger partial charge in [-0.25, -0.2) is 4.98 Å². The fourth-order valence-electron chi connectivity index (χ4n) is 4.33. The van der Waals surface area contributed by atoms with Gasteiger partial charge in [0.2, 0.25) is 23.6 Å². The van der Waals surface area contributed by atoms with Crippen LogP contribution in [0.5, 0.6) is 0 Å². The summed E-state index contributed by atoms with van der Waals surface area (Å²) in [6.07, 6.45) is -0.432. The van der Waals surface area contributed by atoms with E-state index >= 15 is 0 Å². The lowest BCUT2D eigenvalue weighted by Gasteiger charge is -2.14. The number of benzene rings is 2. The number of anilines is 3. The lowest BCUT2D eigenvalue weighted by molar-refractivity contribution is -0.114. The first-order valence-electron chi connectivity index (χ1n) is 12.8. The van der Waals surface area contributed by atoms with Crippen LogP contribution >= 0.6 is 0 Å². The van der Waals surface area contributed by atoms with E-state index in [-0.39, 0.29) is 42.2 Å². The number of aliphatic hydroxyl groups excluding tert-OH is 1. The van der Waals surface area contributed by atoms with Gasteiger partial charge in [0.25, 0.3) is 5.56 Å². The Balaban J connectivity index is 1.36. The van der Waals surface area contributed by atoms with E-state index in [9.17, 15) is 14.7 Å². The van der Waals surface area contributed by atoms with Gasteiger partial charge in [0, 0.05) is 25.8 Å². The van der Waals surface area contributed by atoms with Crippen LogP contribution in [0.3, 0.4) is 0 Å². The molecule has 1 saturated heterocycles. The van der Waals surface area contributed by atoms with E-state index in [0.717, 1.165) is 5.56 Å². The molecule has 4 N–H and O–H groups in total. The Bertz CT molecular complexity index is 1750. The Kier molecular flexibility index (Phi) is 5.83. The second-order valence-electron chi connectivity index (χ2n) is 9.02. The standard InChI is InChI=1S/C26H24N8O5/c1-13-19(36)11-20(38-13)34-12-27-21-22(34)30-26(31-23(21)37)29-18-10-16(8-9-17(18)28-14(2)35)25-33-32-24(39-25)15-6-4-3-5-7-15/h3-10,12-13,19-20,36H,11H2,1-2H3,(H,28,35)(H2,29,30,31,37)/t13-,19?,20-/m1/s1/i1D. The molecule has 3 atom stereocenters. The number of carbonyl (C=O) groups is 1. The Morgan fingerprint density at radius 3 is 2.69 bits per heavy atom. The van der Waals surface area contributed by atoms with Gasteiger partial charge in [-0.3, -0.25) is 19.1 Å². The lowest BCUT2D eigenvalue weighted by Crippen LogP contribution is -2.15. The molecular weight excluding hydrogens is 504 g/mol. The highest BCUT2D eigenvalue weighted by atomic mass is 16.5. The molecule has 0 aliphatic carbocycles. The number of hydrogen-bond donors (Lipinski definition) is 4. The van der Waals surface area contributed by atoms with Gasteiger partial charge in [0.05, 0.1) is 29.9 Å². The number of aromatic nitrogens is 6. The number of ether oxygens (including phenoxy) is 1. The van der Waals surface area contributed by atoms with E-state index in [2.05, 4.69) is 35.8 Å². The molecule has 1 aliphatic heterocycles. The molecule has 1 fully saturated rings. The molecule has 39 heavy (non-hydrogen) atoms. The van der Waals surface area contributed by atoms with Gasteiger partial charge in [-0.1, -0.05) is 18.2 Å². The van der Waals surface area contributed by atoms with Crippen molar-refractivity contribution in [3.8, 4) is 22.9 Å². The van der Waals surface area contributed by atoms with E-state index in [1.165, 1.54) is 13.3 Å². The quantitative estimate of drug-likeness (QED) is 0.256. The maximum Gasteiger partial charge on any atom is 0.280 e. The molecule has 13 heteroatoms. The van der Waals surface area contributed by atoms with Crippen molar-refractivity contribution in [2.75, 3.05) is 10.6 Å². The van der Waals surface area contributed by atoms with E-state index in [4.69, 9.17) is 10.5 Å². The van der Waals surface area contributed by atoms with Crippen molar-refractivity contribution in [3.63, 3.8) is 0 Å². The molecule has 0 spiro atoms. The van der Waals surface area contributed by atoms with E-state index in [1.54, 1.807) is 22.8 Å². The number of rotatable bonds is 6. The highest BCUT2D eigenvalue weighted by Gasteiger charge is 2.33. The van der Waals surface area contributed by atoms with Crippen molar-refractivity contribution in [3.05, 3.63) is 65.2 Å². The molecule has 1 amide bonds. The third-order valence-electron chi connectivity index (χ3n) is 6.22. The molecule has 6 rings (SSSR count). The molecule has 0 saturated carbocycles. The number of hydrogen-bond acceptors (Lipinski definition) is 10. The van der Waals surface area contributed by atoms with Gasteiger partial charge in [0.1, 0.15) is 6.23 Å². The summed E-state index contributed by atoms with van der Waals surface area (Å²) >= 11 is 0. The fraction of sp³-hybridized carbons (Fsp3) is 0.231. The van der Waals surface area contributed by atoms with Crippen molar-refractivity contribution >= 4 is 34.4 Å². The molecular formula is C26H24N8O5. The van der Waals surface area contributed by atoms with Crippen LogP contribution in [0.15, 0.2) is 64.1 Å². The zero-order valence-electron chi connectivity index (χ0n) is 21.7. The molecule has 4 heterocycles. The van der Waals surface area contributed by atoms with Crippen LogP contribution in [0.4, 0.5) is 17.3 Å². The van der Waals surface area contributed by atoms with Gasteiger partial charge in [-0.05, 0) is 37.2 Å². The minimum atomic E-state index is -0.811. The highest BCUT2D eigenvalue weighted by Crippen LogP contribution is 2.33. The molecule has 13 nitrogen and oxygen atoms in total. The number of imidazole rings is 1. The SMILES string of the molecule is [2H]C[C@H]1O[C@@H](n2cnc3c(=O)[nH]c(Nc4cc(-c5nnc(-c6ccccc6)o5)ccc4NC(C)=O)nc32)CC1O. The Morgan fingerprint density at radius 1 is 1.15 bits per heavy atom. The molecule has 5 aromatic rings. The summed E-state index contributed by atoms with van der Waals surface area (Å²) < 4.78 is 20.8. The topological polar surface area (TPSA) is 173 Å². The number of H-pyrrole nitrogens is 1. The van der Waals surface area contributed by atoms with Crippen molar-refractivity contribution in [1.29, 1.82) is 0 Å². The minimum Gasteiger partial charge on any atom is -0.416 e. The van der Waals surface area contributed by atoms with Crippen molar-refractivity contribution < 1.29 is 20.4 Å². The normalized spacial score (nSPS) is 19.2. The van der Waals surface area contributed by atoms with E-state index in [1.807, 2.05) is 30.3 Å². The molecule has 1 unspecified atom stereocenters. The highest BCUT2D eigenvalue weighted by molar-refractivity contribution is 5.94. The summed E-state index contributed by atoms with van der Waals surface area (Å²) in [6, 6.07) is 14.4. The van der Waals surface area contributed by atoms with Gasteiger partial charge >= 0.3 is 0 Å². The summed E-state index contributed by atoms with van der Waals surface area (Å²) in [6.45, 7) is 1.28. The number of amides is 1. The number of aliphatic hydroxyl groups is 1. The van der Waals surface area contributed by atoms with Crippen LogP contribution in [0.1, 0.15) is 27.8 Å². The number of nitrogens with one attached hydrogen (secondary N) is 3. The average Bonchev–Trinajstić information content (AvgIpc) is 3.68. The third kappa shape index (κ3) is 4.76. The maximum atomic E-state index is 12.9. The minimum absolute atomic E-state index is 0.0779. The molecule has 0 radical (unpaired) electrons. The molecule has 2 aromatic carbocycles. The average molecular weight is 530 g/mol. The second kappa shape index (κ2) is 9.78. The van der Waals surface area contributed by atoms with E-state index in [0.29, 0.717) is 22.8 Å². The van der Waals surface area contributed by atoms with Gasteiger partial charge < -0.3 is 24.9 Å². The Labute approximate surface area is 222 Å². The maximum absolute atomic E-state index is 12.9. The first kappa shape index (κ1) is 23.3. The van der Waals surface area contributed by atoms with Crippen molar-refractivity contribution in [1.82, 2.24) is 29.7 Å². The van der Waals surface area contributed by atoms with E-state index < -0.39 is 24.0 Å². The van der Waals surface area contributed by atoms with Gasteiger partial charge in [0.15, 0.2) is 11.2 Å². The molecule has 0 bridgehead atoms. The van der Waals surface area contributed by atoms with Crippen LogP contribution in [-0.2, 0) is 9.53 Å². The molecule has 198 valence electrons. The Morgan fingerprint density at radius 2 is 1.95 bits per heavy atom. The predicted octanol–water partition coefficient (Wildman–Crippen LogP) is 3.21. The van der Waals surface area contributed by atoms with Crippen LogP contribution in [0.25, 0.3) is 34.1 Å². The smallest absolute Gasteiger partial charge is 0.280 e. The summed E-state index contributed by atoms with van der Waals surface area (Å²) in [4.78, 5) is 36.1. The number of nitrogens with zero attached hydrogens (tertiary/aromatic N) is 5. The number of fused-ring (bicyclic) bond motifs is 1. The van der Waals surface area contributed by atoms with Crippen LogP contribution in [-0.4, -0.2) is 52.9 Å². The first-order valence-corrected chi connectivity index (χ1v) is 12.1. The number of aromatic amines is 1. The van der Waals surface area contributed by atoms with Crippen molar-refractivity contribution in [2.45, 2.75) is 38.7 Å². The molecule has 1 aliphatic rings. The summed E-state index contributed by atoms with van der Waals surface area (Å²) in [5.41, 5.74) is 1.99. The second-order valence-corrected chi connectivity index (χ2v) is 9.02. The fourth-order valence-corrected chi connectivity index (χ4v) is 4.33. The predicted molar refractivity (Wildman–Crippen MR) is 141 cm³/mol. The van der Waals surface area contributed by atoms with Crippen LogP contribution < -0.4 is 16.2 Å². The van der Waals surface area contributed by atoms with Crippen LogP contribution in [0.2, 0.25) is 0 Å². The largest absolute Gasteiger partial charge is 0.416 e. The molecule has 3 aromatic heterocycles. The number of carbonyl (C=O) groups excluding carboxylic acids is 1. The van der Waals surface area contributed by atoms with Gasteiger partial charge in [-0.15, -0.1) is 10.2 Å². The first-order chi connectivity index (χ1) is 19.4. The lowest BCUT2D eigenvalue weighted by atomic mass is 10.1. The summed E-state index contributed by atoms with van der Waals surface area (Å²) in [7, 11) is 0. The zero-order chi connectivity index (χ0) is 27.8.